The zero-order chi connectivity index (χ0) is 11.3. The van der Waals surface area contributed by atoms with Crippen LogP contribution >= 0.6 is 31.9 Å². The van der Waals surface area contributed by atoms with Gasteiger partial charge in [-0.2, -0.15) is 0 Å². The van der Waals surface area contributed by atoms with E-state index in [1.807, 2.05) is 12.1 Å². The monoisotopic (exact) mass is 334 g/mol. The van der Waals surface area contributed by atoms with E-state index in [9.17, 15) is 4.79 Å². The third kappa shape index (κ3) is 3.95. The second kappa shape index (κ2) is 6.28. The van der Waals surface area contributed by atoms with Crippen molar-refractivity contribution in [2.75, 3.05) is 7.11 Å². The first-order chi connectivity index (χ1) is 7.19. The maximum absolute atomic E-state index is 11.1. The number of rotatable bonds is 4. The smallest absolute Gasteiger partial charge is 0.309 e. The first kappa shape index (κ1) is 12.7. The molecule has 4 heteroatoms. The highest BCUT2D eigenvalue weighted by Crippen LogP contribution is 2.16. The number of hydrogen-bond donors (Lipinski definition) is 0. The molecule has 0 spiro atoms. The molecule has 82 valence electrons. The zero-order valence-electron chi connectivity index (χ0n) is 8.43. The molecule has 0 aliphatic rings. The molecular weight excluding hydrogens is 324 g/mol. The molecule has 0 fully saturated rings. The van der Waals surface area contributed by atoms with Crippen molar-refractivity contribution >= 4 is 37.8 Å². The Morgan fingerprint density at radius 2 is 1.60 bits per heavy atom. The first-order valence-corrected chi connectivity index (χ1v) is 6.74. The average Bonchev–Trinajstić information content (AvgIpc) is 2.28. The Bertz CT molecular complexity index is 328. The predicted octanol–water partition coefficient (Wildman–Crippen LogP) is 3.19. The number of carbonyl (C=O) groups is 1. The van der Waals surface area contributed by atoms with Crippen molar-refractivity contribution in [2.24, 2.45) is 0 Å². The molecule has 0 amide bonds. The Balaban J connectivity index is 2.91. The van der Waals surface area contributed by atoms with Crippen LogP contribution in [0.2, 0.25) is 0 Å². The molecule has 0 bridgehead atoms. The van der Waals surface area contributed by atoms with E-state index in [0.717, 1.165) is 16.2 Å². The van der Waals surface area contributed by atoms with Crippen LogP contribution in [0.3, 0.4) is 0 Å². The van der Waals surface area contributed by atoms with Crippen LogP contribution in [0, 0.1) is 0 Å². The molecule has 1 aromatic carbocycles. The van der Waals surface area contributed by atoms with Gasteiger partial charge in [0.05, 0.1) is 13.5 Å². The number of esters is 1. The number of alkyl halides is 2. The minimum Gasteiger partial charge on any atom is -0.469 e. The number of halogens is 2. The average molecular weight is 336 g/mol. The Morgan fingerprint density at radius 3 is 2.00 bits per heavy atom. The quantitative estimate of drug-likeness (QED) is 0.624. The summed E-state index contributed by atoms with van der Waals surface area (Å²) in [5.74, 6) is -0.206. The van der Waals surface area contributed by atoms with Crippen LogP contribution in [0.25, 0.3) is 0 Å². The molecule has 0 N–H and O–H groups in total. The molecule has 0 saturated carbocycles. The second-order valence-corrected chi connectivity index (χ2v) is 4.30. The van der Waals surface area contributed by atoms with E-state index in [0.29, 0.717) is 6.42 Å². The summed E-state index contributed by atoms with van der Waals surface area (Å²) in [5.41, 5.74) is 3.34. The molecule has 0 aliphatic heterocycles. The molecule has 0 aliphatic carbocycles. The fourth-order valence-electron chi connectivity index (χ4n) is 1.33. The van der Waals surface area contributed by atoms with Gasteiger partial charge in [0.15, 0.2) is 0 Å². The molecule has 0 aromatic heterocycles. The van der Waals surface area contributed by atoms with Crippen LogP contribution in [0.1, 0.15) is 16.7 Å². The van der Waals surface area contributed by atoms with Crippen molar-refractivity contribution in [3.63, 3.8) is 0 Å². The molecule has 0 heterocycles. The lowest BCUT2D eigenvalue weighted by Crippen LogP contribution is -2.05. The minimum atomic E-state index is -0.206. The maximum atomic E-state index is 11.1. The van der Waals surface area contributed by atoms with Crippen molar-refractivity contribution in [1.82, 2.24) is 0 Å². The van der Waals surface area contributed by atoms with Gasteiger partial charge in [-0.05, 0) is 16.7 Å². The van der Waals surface area contributed by atoms with Gasteiger partial charge in [0.25, 0.3) is 0 Å². The van der Waals surface area contributed by atoms with Gasteiger partial charge in [-0.25, -0.2) is 0 Å². The molecule has 1 aromatic rings. The van der Waals surface area contributed by atoms with Crippen molar-refractivity contribution in [3.8, 4) is 0 Å². The third-order valence-electron chi connectivity index (χ3n) is 2.00. The highest BCUT2D eigenvalue weighted by Gasteiger charge is 2.05. The second-order valence-electron chi connectivity index (χ2n) is 3.18. The van der Waals surface area contributed by atoms with Gasteiger partial charge in [-0.15, -0.1) is 0 Å². The molecule has 0 unspecified atom stereocenters. The van der Waals surface area contributed by atoms with Crippen LogP contribution < -0.4 is 0 Å². The van der Waals surface area contributed by atoms with Crippen molar-refractivity contribution in [2.45, 2.75) is 17.1 Å². The SMILES string of the molecule is COC(=O)Cc1cc(CBr)cc(CBr)c1. The van der Waals surface area contributed by atoms with Gasteiger partial charge >= 0.3 is 5.97 Å². The normalized spacial score (nSPS) is 10.1. The summed E-state index contributed by atoms with van der Waals surface area (Å²) in [5, 5.41) is 1.59. The third-order valence-corrected chi connectivity index (χ3v) is 3.29. The maximum Gasteiger partial charge on any atom is 0.309 e. The Labute approximate surface area is 106 Å². The highest BCUT2D eigenvalue weighted by molar-refractivity contribution is 9.08. The molecule has 0 radical (unpaired) electrons. The van der Waals surface area contributed by atoms with Crippen LogP contribution in [0.4, 0.5) is 0 Å². The highest BCUT2D eigenvalue weighted by atomic mass is 79.9. The van der Waals surface area contributed by atoms with E-state index in [1.54, 1.807) is 0 Å². The van der Waals surface area contributed by atoms with Gasteiger partial charge < -0.3 is 4.74 Å². The van der Waals surface area contributed by atoms with E-state index in [-0.39, 0.29) is 5.97 Å². The fraction of sp³-hybridized carbons (Fsp3) is 0.364. The fourth-order valence-corrected chi connectivity index (χ4v) is 1.98. The summed E-state index contributed by atoms with van der Waals surface area (Å²) in [6.45, 7) is 0. The summed E-state index contributed by atoms with van der Waals surface area (Å²) in [4.78, 5) is 11.1. The summed E-state index contributed by atoms with van der Waals surface area (Å²) >= 11 is 6.81. The van der Waals surface area contributed by atoms with E-state index >= 15 is 0 Å². The van der Waals surface area contributed by atoms with Gasteiger partial charge in [0.2, 0.25) is 0 Å². The van der Waals surface area contributed by atoms with Crippen molar-refractivity contribution in [1.29, 1.82) is 0 Å². The Hall–Kier alpha value is -0.350. The van der Waals surface area contributed by atoms with E-state index in [2.05, 4.69) is 42.7 Å². The predicted molar refractivity (Wildman–Crippen MR) is 67.4 cm³/mol. The summed E-state index contributed by atoms with van der Waals surface area (Å²) in [6.07, 6.45) is 0.331. The molecular formula is C11H12Br2O2. The number of methoxy groups -OCH3 is 1. The van der Waals surface area contributed by atoms with Gasteiger partial charge in [-0.1, -0.05) is 50.1 Å². The van der Waals surface area contributed by atoms with E-state index in [1.165, 1.54) is 18.2 Å². The van der Waals surface area contributed by atoms with Crippen LogP contribution in [0.15, 0.2) is 18.2 Å². The Kier molecular flexibility index (Phi) is 5.32. The van der Waals surface area contributed by atoms with Gasteiger partial charge in [0, 0.05) is 10.7 Å². The van der Waals surface area contributed by atoms with Crippen molar-refractivity contribution in [3.05, 3.63) is 34.9 Å². The lowest BCUT2D eigenvalue weighted by Gasteiger charge is -2.05. The lowest BCUT2D eigenvalue weighted by molar-refractivity contribution is -0.139. The molecule has 15 heavy (non-hydrogen) atoms. The summed E-state index contributed by atoms with van der Waals surface area (Å²) < 4.78 is 4.64. The van der Waals surface area contributed by atoms with Crippen LogP contribution in [-0.2, 0) is 26.6 Å². The molecule has 1 rings (SSSR count). The van der Waals surface area contributed by atoms with Gasteiger partial charge in [0.1, 0.15) is 0 Å². The molecule has 0 saturated heterocycles. The summed E-state index contributed by atoms with van der Waals surface area (Å²) in [7, 11) is 1.40. The van der Waals surface area contributed by atoms with E-state index < -0.39 is 0 Å². The molecule has 0 atom stereocenters. The largest absolute Gasteiger partial charge is 0.469 e. The number of ether oxygens (including phenoxy) is 1. The van der Waals surface area contributed by atoms with Crippen LogP contribution in [0.5, 0.6) is 0 Å². The standard InChI is InChI=1S/C11H12Br2O2/c1-15-11(14)5-8-2-9(6-12)4-10(3-8)7-13/h2-4H,5-7H2,1H3. The van der Waals surface area contributed by atoms with E-state index in [4.69, 9.17) is 0 Å². The number of benzene rings is 1. The minimum absolute atomic E-state index is 0.206. The topological polar surface area (TPSA) is 26.3 Å². The number of carbonyl (C=O) groups excluding carboxylic acids is 1. The van der Waals surface area contributed by atoms with Crippen LogP contribution in [-0.4, -0.2) is 13.1 Å². The van der Waals surface area contributed by atoms with Gasteiger partial charge in [-0.3, -0.25) is 4.79 Å². The number of hydrogen-bond acceptors (Lipinski definition) is 2. The summed E-state index contributed by atoms with van der Waals surface area (Å²) in [6, 6.07) is 6.12. The first-order valence-electron chi connectivity index (χ1n) is 4.50. The van der Waals surface area contributed by atoms with Crippen molar-refractivity contribution < 1.29 is 9.53 Å². The lowest BCUT2D eigenvalue weighted by atomic mass is 10.1. The Morgan fingerprint density at radius 1 is 1.13 bits per heavy atom. The molecule has 2 nitrogen and oxygen atoms in total. The zero-order valence-corrected chi connectivity index (χ0v) is 11.6.